The van der Waals surface area contributed by atoms with Crippen molar-refractivity contribution in [2.24, 2.45) is 0 Å². The lowest BCUT2D eigenvalue weighted by molar-refractivity contribution is 0.284. The number of hydrogen-bond donors (Lipinski definition) is 1. The summed E-state index contributed by atoms with van der Waals surface area (Å²) in [5, 5.41) is 3.44. The van der Waals surface area contributed by atoms with Gasteiger partial charge in [-0.3, -0.25) is 4.90 Å². The Hall–Kier alpha value is -2.37. The third-order valence-corrected chi connectivity index (χ3v) is 4.63. The van der Waals surface area contributed by atoms with Crippen LogP contribution in [0.5, 0.6) is 5.75 Å². The minimum atomic E-state index is 0.647. The van der Waals surface area contributed by atoms with Crippen LogP contribution in [0.15, 0.2) is 46.9 Å². The number of hydrogen-bond acceptors (Lipinski definition) is 5. The number of aromatic nitrogens is 1. The van der Waals surface area contributed by atoms with Gasteiger partial charge >= 0.3 is 0 Å². The molecule has 25 heavy (non-hydrogen) atoms. The highest BCUT2D eigenvalue weighted by Gasteiger charge is 2.12. The largest absolute Gasteiger partial charge is 0.497 e. The van der Waals surface area contributed by atoms with Gasteiger partial charge in [0.2, 0.25) is 5.89 Å². The molecule has 1 fully saturated rings. The average Bonchev–Trinajstić information content (AvgIpc) is 2.90. The van der Waals surface area contributed by atoms with E-state index in [0.29, 0.717) is 5.89 Å². The van der Waals surface area contributed by atoms with Gasteiger partial charge in [-0.25, -0.2) is 4.98 Å². The fraction of sp³-hybridized carbons (Fsp3) is 0.350. The first kappa shape index (κ1) is 16.1. The molecule has 0 radical (unpaired) electrons. The predicted octanol–water partition coefficient (Wildman–Crippen LogP) is 3.30. The Morgan fingerprint density at radius 3 is 2.84 bits per heavy atom. The Labute approximate surface area is 147 Å². The maximum absolute atomic E-state index is 5.92. The highest BCUT2D eigenvalue weighted by molar-refractivity contribution is 5.77. The number of benzene rings is 2. The zero-order valence-electron chi connectivity index (χ0n) is 14.5. The van der Waals surface area contributed by atoms with E-state index in [2.05, 4.69) is 27.3 Å². The molecule has 5 nitrogen and oxygen atoms in total. The van der Waals surface area contributed by atoms with Crippen molar-refractivity contribution in [2.75, 3.05) is 33.3 Å². The number of nitrogens with zero attached hydrogens (tertiary/aromatic N) is 2. The second-order valence-corrected chi connectivity index (χ2v) is 6.43. The third-order valence-electron chi connectivity index (χ3n) is 4.63. The van der Waals surface area contributed by atoms with Crippen molar-refractivity contribution in [1.82, 2.24) is 15.2 Å². The SMILES string of the molecule is COc1ccc(-c2nc3cc(CN4CCCNCC4)ccc3o2)cc1. The molecule has 2 aromatic carbocycles. The molecular weight excluding hydrogens is 314 g/mol. The molecule has 4 rings (SSSR count). The van der Waals surface area contributed by atoms with Crippen LogP contribution in [0.25, 0.3) is 22.6 Å². The van der Waals surface area contributed by atoms with Crippen LogP contribution in [-0.4, -0.2) is 43.2 Å². The molecule has 1 saturated heterocycles. The van der Waals surface area contributed by atoms with Crippen LogP contribution >= 0.6 is 0 Å². The van der Waals surface area contributed by atoms with Crippen molar-refractivity contribution in [3.8, 4) is 17.2 Å². The quantitative estimate of drug-likeness (QED) is 0.792. The van der Waals surface area contributed by atoms with Crippen molar-refractivity contribution in [3.63, 3.8) is 0 Å². The normalized spacial score (nSPS) is 16.0. The van der Waals surface area contributed by atoms with Crippen molar-refractivity contribution in [2.45, 2.75) is 13.0 Å². The summed E-state index contributed by atoms with van der Waals surface area (Å²) < 4.78 is 11.1. The molecule has 1 aromatic heterocycles. The van der Waals surface area contributed by atoms with Crippen molar-refractivity contribution >= 4 is 11.1 Å². The molecule has 130 valence electrons. The van der Waals surface area contributed by atoms with Crippen LogP contribution in [0.4, 0.5) is 0 Å². The molecule has 0 atom stereocenters. The minimum Gasteiger partial charge on any atom is -0.497 e. The fourth-order valence-corrected chi connectivity index (χ4v) is 3.25. The number of oxazole rings is 1. The number of fused-ring (bicyclic) bond motifs is 1. The first-order chi connectivity index (χ1) is 12.3. The van der Waals surface area contributed by atoms with E-state index in [9.17, 15) is 0 Å². The minimum absolute atomic E-state index is 0.647. The molecule has 0 unspecified atom stereocenters. The molecule has 2 heterocycles. The third kappa shape index (κ3) is 3.67. The van der Waals surface area contributed by atoms with Gasteiger partial charge < -0.3 is 14.5 Å². The maximum atomic E-state index is 5.92. The van der Waals surface area contributed by atoms with E-state index in [1.807, 2.05) is 30.3 Å². The molecular formula is C20H23N3O2. The standard InChI is InChI=1S/C20H23N3O2/c1-24-17-6-4-16(5-7-17)20-22-18-13-15(3-8-19(18)25-20)14-23-11-2-9-21-10-12-23/h3-8,13,21H,2,9-12,14H2,1H3. The molecule has 1 aliphatic heterocycles. The molecule has 1 aliphatic rings. The summed E-state index contributed by atoms with van der Waals surface area (Å²) in [5.41, 5.74) is 3.98. The topological polar surface area (TPSA) is 50.5 Å². The van der Waals surface area contributed by atoms with E-state index < -0.39 is 0 Å². The van der Waals surface area contributed by atoms with Gasteiger partial charge in [-0.15, -0.1) is 0 Å². The van der Waals surface area contributed by atoms with E-state index in [-0.39, 0.29) is 0 Å². The number of nitrogens with one attached hydrogen (secondary N) is 1. The van der Waals surface area contributed by atoms with E-state index in [4.69, 9.17) is 9.15 Å². The first-order valence-electron chi connectivity index (χ1n) is 8.79. The number of ether oxygens (including phenoxy) is 1. The molecule has 0 bridgehead atoms. The monoisotopic (exact) mass is 337 g/mol. The molecule has 0 amide bonds. The molecule has 5 heteroatoms. The predicted molar refractivity (Wildman–Crippen MR) is 98.8 cm³/mol. The molecule has 3 aromatic rings. The van der Waals surface area contributed by atoms with Gasteiger partial charge in [0.15, 0.2) is 5.58 Å². The summed E-state index contributed by atoms with van der Waals surface area (Å²) in [6.45, 7) is 5.37. The summed E-state index contributed by atoms with van der Waals surface area (Å²) in [6, 6.07) is 14.1. The summed E-state index contributed by atoms with van der Waals surface area (Å²) in [7, 11) is 1.66. The van der Waals surface area contributed by atoms with Gasteiger partial charge in [0.05, 0.1) is 7.11 Å². The van der Waals surface area contributed by atoms with Crippen LogP contribution in [0, 0.1) is 0 Å². The Morgan fingerprint density at radius 1 is 1.12 bits per heavy atom. The van der Waals surface area contributed by atoms with Gasteiger partial charge in [-0.2, -0.15) is 0 Å². The maximum Gasteiger partial charge on any atom is 0.227 e. The highest BCUT2D eigenvalue weighted by Crippen LogP contribution is 2.26. The van der Waals surface area contributed by atoms with Gasteiger partial charge in [0, 0.05) is 25.2 Å². The van der Waals surface area contributed by atoms with Crippen LogP contribution in [0.3, 0.4) is 0 Å². The van der Waals surface area contributed by atoms with Gasteiger partial charge in [-0.05, 0) is 61.5 Å². The smallest absolute Gasteiger partial charge is 0.227 e. The van der Waals surface area contributed by atoms with Crippen LogP contribution < -0.4 is 10.1 Å². The Balaban J connectivity index is 1.56. The zero-order chi connectivity index (χ0) is 17.1. The Kier molecular flexibility index (Phi) is 4.68. The number of rotatable bonds is 4. The van der Waals surface area contributed by atoms with E-state index in [1.54, 1.807) is 7.11 Å². The summed E-state index contributed by atoms with van der Waals surface area (Å²) in [6.07, 6.45) is 1.20. The second kappa shape index (κ2) is 7.25. The highest BCUT2D eigenvalue weighted by atomic mass is 16.5. The van der Waals surface area contributed by atoms with Gasteiger partial charge in [-0.1, -0.05) is 6.07 Å². The fourth-order valence-electron chi connectivity index (χ4n) is 3.25. The summed E-state index contributed by atoms with van der Waals surface area (Å²) >= 11 is 0. The van der Waals surface area contributed by atoms with E-state index >= 15 is 0 Å². The first-order valence-corrected chi connectivity index (χ1v) is 8.79. The summed E-state index contributed by atoms with van der Waals surface area (Å²) in [4.78, 5) is 7.16. The lowest BCUT2D eigenvalue weighted by Crippen LogP contribution is -2.27. The van der Waals surface area contributed by atoms with Gasteiger partial charge in [0.25, 0.3) is 0 Å². The molecule has 1 N–H and O–H groups in total. The molecule has 0 saturated carbocycles. The van der Waals surface area contributed by atoms with Crippen LogP contribution in [0.1, 0.15) is 12.0 Å². The lowest BCUT2D eigenvalue weighted by Gasteiger charge is -2.19. The van der Waals surface area contributed by atoms with Crippen molar-refractivity contribution < 1.29 is 9.15 Å². The lowest BCUT2D eigenvalue weighted by atomic mass is 10.2. The second-order valence-electron chi connectivity index (χ2n) is 6.43. The zero-order valence-corrected chi connectivity index (χ0v) is 14.5. The average molecular weight is 337 g/mol. The molecule has 0 aliphatic carbocycles. The van der Waals surface area contributed by atoms with Crippen molar-refractivity contribution in [1.29, 1.82) is 0 Å². The van der Waals surface area contributed by atoms with E-state index in [0.717, 1.165) is 55.1 Å². The number of methoxy groups -OCH3 is 1. The van der Waals surface area contributed by atoms with Crippen LogP contribution in [0.2, 0.25) is 0 Å². The Morgan fingerprint density at radius 2 is 2.00 bits per heavy atom. The summed E-state index contributed by atoms with van der Waals surface area (Å²) in [5.74, 6) is 1.47. The molecule has 0 spiro atoms. The van der Waals surface area contributed by atoms with Crippen molar-refractivity contribution in [3.05, 3.63) is 48.0 Å². The van der Waals surface area contributed by atoms with Crippen LogP contribution in [-0.2, 0) is 6.54 Å². The van der Waals surface area contributed by atoms with E-state index in [1.165, 1.54) is 12.0 Å². The Bertz CT molecular complexity index is 834. The van der Waals surface area contributed by atoms with Gasteiger partial charge in [0.1, 0.15) is 11.3 Å².